The summed E-state index contributed by atoms with van der Waals surface area (Å²) in [4.78, 5) is 20.5. The summed E-state index contributed by atoms with van der Waals surface area (Å²) in [6, 6.07) is 0. The van der Waals surface area contributed by atoms with Crippen LogP contribution in [0.1, 0.15) is 6.92 Å². The molecule has 1 atom stereocenters. The number of ether oxygens (including phenoxy) is 1. The minimum Gasteiger partial charge on any atom is -0.452 e. The molecule has 0 amide bonds. The highest BCUT2D eigenvalue weighted by atomic mass is 16.5. The molecule has 0 rings (SSSR count). The average Bonchev–Trinajstić information content (AvgIpc) is 1.98. The normalized spacial score (nSPS) is 11.2. The zero-order chi connectivity index (χ0) is 7.98. The predicted octanol–water partition coefficient (Wildman–Crippen LogP) is -0.00220. The SMILES string of the molecule is C#CCOC(=O)C(C)C=O. The molecule has 0 aliphatic carbocycles. The lowest BCUT2D eigenvalue weighted by Crippen LogP contribution is -2.15. The Bertz CT molecular complexity index is 166. The fourth-order valence-corrected chi connectivity index (χ4v) is 0.300. The van der Waals surface area contributed by atoms with Crippen LogP contribution in [0.3, 0.4) is 0 Å². The molecule has 0 aromatic carbocycles. The number of esters is 1. The first-order chi connectivity index (χ1) is 4.72. The largest absolute Gasteiger partial charge is 0.452 e. The quantitative estimate of drug-likeness (QED) is 0.240. The Balaban J connectivity index is 3.64. The molecule has 0 spiro atoms. The van der Waals surface area contributed by atoms with Crippen molar-refractivity contribution in [3.05, 3.63) is 0 Å². The second kappa shape index (κ2) is 4.57. The summed E-state index contributed by atoms with van der Waals surface area (Å²) in [7, 11) is 0. The van der Waals surface area contributed by atoms with E-state index in [4.69, 9.17) is 6.42 Å². The maximum Gasteiger partial charge on any atom is 0.316 e. The van der Waals surface area contributed by atoms with Gasteiger partial charge in [0.2, 0.25) is 0 Å². The van der Waals surface area contributed by atoms with Gasteiger partial charge in [-0.3, -0.25) is 4.79 Å². The van der Waals surface area contributed by atoms with Crippen molar-refractivity contribution in [3.8, 4) is 12.3 Å². The van der Waals surface area contributed by atoms with E-state index < -0.39 is 11.9 Å². The fourth-order valence-electron chi connectivity index (χ4n) is 0.300. The van der Waals surface area contributed by atoms with Crippen molar-refractivity contribution in [1.82, 2.24) is 0 Å². The summed E-state index contributed by atoms with van der Waals surface area (Å²) < 4.78 is 4.44. The topological polar surface area (TPSA) is 43.4 Å². The van der Waals surface area contributed by atoms with E-state index in [0.717, 1.165) is 0 Å². The van der Waals surface area contributed by atoms with Gasteiger partial charge in [0.05, 0.1) is 0 Å². The van der Waals surface area contributed by atoms with Gasteiger partial charge in [0.15, 0.2) is 6.61 Å². The molecule has 0 aliphatic heterocycles. The number of hydrogen-bond acceptors (Lipinski definition) is 3. The Kier molecular flexibility index (Phi) is 3.97. The molecule has 3 heteroatoms. The van der Waals surface area contributed by atoms with E-state index >= 15 is 0 Å². The second-order valence-electron chi connectivity index (χ2n) is 1.74. The van der Waals surface area contributed by atoms with Gasteiger partial charge in [-0.15, -0.1) is 6.42 Å². The van der Waals surface area contributed by atoms with Crippen molar-refractivity contribution in [2.45, 2.75) is 6.92 Å². The van der Waals surface area contributed by atoms with E-state index in [2.05, 4.69) is 10.7 Å². The van der Waals surface area contributed by atoms with Gasteiger partial charge >= 0.3 is 5.97 Å². The van der Waals surface area contributed by atoms with Crippen molar-refractivity contribution in [2.24, 2.45) is 5.92 Å². The summed E-state index contributed by atoms with van der Waals surface area (Å²) in [6.45, 7) is 1.38. The molecular formula is C7H8O3. The van der Waals surface area contributed by atoms with Gasteiger partial charge < -0.3 is 9.53 Å². The highest BCUT2D eigenvalue weighted by Crippen LogP contribution is 1.92. The maximum atomic E-state index is 10.6. The molecule has 10 heavy (non-hydrogen) atoms. The zero-order valence-electron chi connectivity index (χ0n) is 5.66. The minimum absolute atomic E-state index is 0.0724. The number of aldehydes is 1. The van der Waals surface area contributed by atoms with Gasteiger partial charge in [-0.1, -0.05) is 5.92 Å². The number of rotatable bonds is 3. The predicted molar refractivity (Wildman–Crippen MR) is 35.0 cm³/mol. The average molecular weight is 140 g/mol. The molecule has 0 radical (unpaired) electrons. The van der Waals surface area contributed by atoms with Crippen LogP contribution in [0.15, 0.2) is 0 Å². The molecule has 0 aliphatic rings. The highest BCUT2D eigenvalue weighted by molar-refractivity contribution is 5.87. The van der Waals surface area contributed by atoms with Gasteiger partial charge in [0.1, 0.15) is 12.2 Å². The summed E-state index contributed by atoms with van der Waals surface area (Å²) in [6.07, 6.45) is 5.32. The van der Waals surface area contributed by atoms with E-state index in [1.54, 1.807) is 0 Å². The highest BCUT2D eigenvalue weighted by Gasteiger charge is 2.11. The smallest absolute Gasteiger partial charge is 0.316 e. The molecule has 0 fully saturated rings. The Morgan fingerprint density at radius 2 is 2.50 bits per heavy atom. The van der Waals surface area contributed by atoms with E-state index in [-0.39, 0.29) is 6.61 Å². The first kappa shape index (κ1) is 8.70. The Hall–Kier alpha value is -1.30. The summed E-state index contributed by atoms with van der Waals surface area (Å²) >= 11 is 0. The van der Waals surface area contributed by atoms with E-state index in [9.17, 15) is 9.59 Å². The number of carbonyl (C=O) groups excluding carboxylic acids is 2. The number of carbonyl (C=O) groups is 2. The van der Waals surface area contributed by atoms with Crippen LogP contribution in [0.25, 0.3) is 0 Å². The lowest BCUT2D eigenvalue weighted by molar-refractivity contribution is -0.147. The van der Waals surface area contributed by atoms with Crippen LogP contribution >= 0.6 is 0 Å². The molecule has 0 N–H and O–H groups in total. The molecule has 0 aromatic rings. The van der Waals surface area contributed by atoms with Crippen LogP contribution < -0.4 is 0 Å². The van der Waals surface area contributed by atoms with Crippen LogP contribution in [0.2, 0.25) is 0 Å². The Morgan fingerprint density at radius 1 is 1.90 bits per heavy atom. The van der Waals surface area contributed by atoms with Crippen molar-refractivity contribution in [2.75, 3.05) is 6.61 Å². The minimum atomic E-state index is -0.714. The third-order valence-corrected chi connectivity index (χ3v) is 0.874. The standard InChI is InChI=1S/C7H8O3/c1-3-4-10-7(9)6(2)5-8/h1,5-6H,4H2,2H3. The van der Waals surface area contributed by atoms with Crippen LogP contribution in [0.4, 0.5) is 0 Å². The van der Waals surface area contributed by atoms with Crippen LogP contribution in [0, 0.1) is 18.3 Å². The van der Waals surface area contributed by atoms with Gasteiger partial charge in [-0.25, -0.2) is 0 Å². The van der Waals surface area contributed by atoms with E-state index in [0.29, 0.717) is 6.29 Å². The van der Waals surface area contributed by atoms with Crippen molar-refractivity contribution < 1.29 is 14.3 Å². The molecule has 3 nitrogen and oxygen atoms in total. The van der Waals surface area contributed by atoms with Crippen LogP contribution in [-0.4, -0.2) is 18.9 Å². The molecular weight excluding hydrogens is 132 g/mol. The second-order valence-corrected chi connectivity index (χ2v) is 1.74. The lowest BCUT2D eigenvalue weighted by Gasteiger charge is -2.00. The number of terminal acetylenes is 1. The first-order valence-corrected chi connectivity index (χ1v) is 2.77. The van der Waals surface area contributed by atoms with Crippen LogP contribution in [0.5, 0.6) is 0 Å². The number of hydrogen-bond donors (Lipinski definition) is 0. The van der Waals surface area contributed by atoms with Crippen molar-refractivity contribution >= 4 is 12.3 Å². The molecule has 0 aromatic heterocycles. The maximum absolute atomic E-state index is 10.6. The van der Waals surface area contributed by atoms with Crippen molar-refractivity contribution in [3.63, 3.8) is 0 Å². The molecule has 1 unspecified atom stereocenters. The first-order valence-electron chi connectivity index (χ1n) is 2.77. The van der Waals surface area contributed by atoms with Gasteiger partial charge in [0.25, 0.3) is 0 Å². The lowest BCUT2D eigenvalue weighted by atomic mass is 10.2. The molecule has 0 saturated heterocycles. The van der Waals surface area contributed by atoms with Gasteiger partial charge in [0, 0.05) is 0 Å². The fraction of sp³-hybridized carbons (Fsp3) is 0.429. The summed E-state index contributed by atoms with van der Waals surface area (Å²) in [5, 5.41) is 0. The van der Waals surface area contributed by atoms with Crippen LogP contribution in [-0.2, 0) is 14.3 Å². The Labute approximate surface area is 59.4 Å². The van der Waals surface area contributed by atoms with E-state index in [1.165, 1.54) is 6.92 Å². The molecule has 54 valence electrons. The van der Waals surface area contributed by atoms with E-state index in [1.807, 2.05) is 0 Å². The monoisotopic (exact) mass is 140 g/mol. The summed E-state index contributed by atoms with van der Waals surface area (Å²) in [5.41, 5.74) is 0. The molecule has 0 saturated carbocycles. The third-order valence-electron chi connectivity index (χ3n) is 0.874. The Morgan fingerprint density at radius 3 is 2.90 bits per heavy atom. The van der Waals surface area contributed by atoms with Gasteiger partial charge in [-0.05, 0) is 6.92 Å². The summed E-state index contributed by atoms with van der Waals surface area (Å²) in [5.74, 6) is 0.828. The molecule has 0 bridgehead atoms. The van der Waals surface area contributed by atoms with Crippen molar-refractivity contribution in [1.29, 1.82) is 0 Å². The zero-order valence-corrected chi connectivity index (χ0v) is 5.66. The third kappa shape index (κ3) is 2.88. The van der Waals surface area contributed by atoms with Gasteiger partial charge in [-0.2, -0.15) is 0 Å². The molecule has 0 heterocycles.